The number of aliphatic hydroxyl groups excluding tert-OH is 2. The SMILES string of the molecule is CC/C=C\C/C=C\C/C=C\C/C=C\C/C=C\CC(CC(=O)NC(CO)C(O)CCCCCCCCCCC)OC(=O)CCCCCCCCCCC/C=C\C/C=C\CCCCC. The zero-order valence-electron chi connectivity index (χ0n) is 40.5. The summed E-state index contributed by atoms with van der Waals surface area (Å²) in [4.78, 5) is 26.1. The van der Waals surface area contributed by atoms with Gasteiger partial charge in [0.15, 0.2) is 0 Å². The van der Waals surface area contributed by atoms with Crippen molar-refractivity contribution in [2.45, 2.75) is 251 Å². The molecule has 6 heteroatoms. The highest BCUT2D eigenvalue weighted by molar-refractivity contribution is 5.77. The van der Waals surface area contributed by atoms with Gasteiger partial charge in [-0.2, -0.15) is 0 Å². The fourth-order valence-electron chi connectivity index (χ4n) is 7.31. The van der Waals surface area contributed by atoms with Crippen LogP contribution in [0, 0.1) is 0 Å². The normalized spacial score (nSPS) is 14.0. The van der Waals surface area contributed by atoms with Gasteiger partial charge in [0.1, 0.15) is 6.10 Å². The minimum Gasteiger partial charge on any atom is -0.461 e. The Kier molecular flexibility index (Phi) is 46.7. The quantitative estimate of drug-likeness (QED) is 0.0322. The molecule has 356 valence electrons. The predicted octanol–water partition coefficient (Wildman–Crippen LogP) is 15.6. The molecule has 3 N–H and O–H groups in total. The van der Waals surface area contributed by atoms with Gasteiger partial charge in [0, 0.05) is 12.8 Å². The van der Waals surface area contributed by atoms with Crippen LogP contribution < -0.4 is 5.32 Å². The highest BCUT2D eigenvalue weighted by Crippen LogP contribution is 2.16. The molecule has 0 aliphatic heterocycles. The number of rotatable bonds is 45. The largest absolute Gasteiger partial charge is 0.461 e. The van der Waals surface area contributed by atoms with Crippen LogP contribution in [0.1, 0.15) is 233 Å². The highest BCUT2D eigenvalue weighted by atomic mass is 16.5. The Labute approximate surface area is 383 Å². The molecular weight excluding hydrogens is 767 g/mol. The number of hydrogen-bond donors (Lipinski definition) is 3. The zero-order valence-corrected chi connectivity index (χ0v) is 40.5. The first-order valence-corrected chi connectivity index (χ1v) is 25.8. The molecular formula is C56H97NO5. The molecule has 0 aliphatic rings. The second-order valence-electron chi connectivity index (χ2n) is 17.2. The number of nitrogens with one attached hydrogen (secondary N) is 1. The van der Waals surface area contributed by atoms with Crippen molar-refractivity contribution in [3.63, 3.8) is 0 Å². The Hall–Kier alpha value is -2.96. The number of unbranched alkanes of at least 4 members (excludes halogenated alkanes) is 20. The third kappa shape index (κ3) is 43.7. The van der Waals surface area contributed by atoms with Crippen LogP contribution in [0.3, 0.4) is 0 Å². The molecule has 1 amide bonds. The smallest absolute Gasteiger partial charge is 0.306 e. The number of carbonyl (C=O) groups excluding carboxylic acids is 2. The number of amides is 1. The third-order valence-corrected chi connectivity index (χ3v) is 11.2. The van der Waals surface area contributed by atoms with Gasteiger partial charge in [0.05, 0.1) is 25.2 Å². The minimum absolute atomic E-state index is 0.00583. The lowest BCUT2D eigenvalue weighted by atomic mass is 10.0. The Morgan fingerprint density at radius 3 is 1.40 bits per heavy atom. The molecule has 0 radical (unpaired) electrons. The lowest BCUT2D eigenvalue weighted by molar-refractivity contribution is -0.150. The molecule has 0 spiro atoms. The minimum atomic E-state index is -0.815. The standard InChI is InChI=1S/C56H97NO5/c1-4-7-10-13-16-19-21-23-25-26-27-28-30-32-34-37-40-43-46-49-56(61)62-52(47-44-41-38-36-33-31-29-24-22-20-17-14-11-8-5-2)50-55(60)57-53(51-58)54(59)48-45-42-39-35-18-15-12-9-6-3/h8,11,16-17,19-20,23-25,29,33,36,41,44,52-54,58-59H,4-7,9-10,12-15,18,21-22,26-28,30-32,34-35,37-40,42-43,45-51H2,1-3H3,(H,57,60)/b11-8-,19-16-,20-17-,25-23-,29-24-,36-33-,44-41-. The average Bonchev–Trinajstić information content (AvgIpc) is 3.26. The van der Waals surface area contributed by atoms with E-state index in [2.05, 4.69) is 99.0 Å². The first-order valence-electron chi connectivity index (χ1n) is 25.8. The van der Waals surface area contributed by atoms with Gasteiger partial charge in [-0.1, -0.05) is 221 Å². The highest BCUT2D eigenvalue weighted by Gasteiger charge is 2.23. The van der Waals surface area contributed by atoms with Gasteiger partial charge in [-0.05, 0) is 77.0 Å². The van der Waals surface area contributed by atoms with E-state index in [-0.39, 0.29) is 24.9 Å². The molecule has 0 heterocycles. The topological polar surface area (TPSA) is 95.9 Å². The second-order valence-corrected chi connectivity index (χ2v) is 17.2. The fourth-order valence-corrected chi connectivity index (χ4v) is 7.31. The first-order chi connectivity index (χ1) is 30.5. The van der Waals surface area contributed by atoms with E-state index in [1.807, 2.05) is 12.2 Å². The fraction of sp³-hybridized carbons (Fsp3) is 0.714. The summed E-state index contributed by atoms with van der Waals surface area (Å²) in [7, 11) is 0. The van der Waals surface area contributed by atoms with E-state index in [1.54, 1.807) is 0 Å². The monoisotopic (exact) mass is 864 g/mol. The van der Waals surface area contributed by atoms with Crippen LogP contribution in [0.5, 0.6) is 0 Å². The summed E-state index contributed by atoms with van der Waals surface area (Å²) in [6, 6.07) is -0.735. The van der Waals surface area contributed by atoms with Crippen molar-refractivity contribution >= 4 is 11.9 Å². The molecule has 0 saturated heterocycles. The molecule has 3 atom stereocenters. The molecule has 62 heavy (non-hydrogen) atoms. The summed E-state index contributed by atoms with van der Waals surface area (Å²) in [5.41, 5.74) is 0. The number of allylic oxidation sites excluding steroid dienone is 13. The molecule has 0 aromatic rings. The molecule has 3 unspecified atom stereocenters. The van der Waals surface area contributed by atoms with E-state index in [4.69, 9.17) is 4.74 Å². The molecule has 0 bridgehead atoms. The van der Waals surface area contributed by atoms with Gasteiger partial charge in [-0.3, -0.25) is 9.59 Å². The summed E-state index contributed by atoms with van der Waals surface area (Å²) in [6.45, 7) is 6.29. The van der Waals surface area contributed by atoms with Gasteiger partial charge in [0.25, 0.3) is 0 Å². The molecule has 6 nitrogen and oxygen atoms in total. The third-order valence-electron chi connectivity index (χ3n) is 11.2. The van der Waals surface area contributed by atoms with Crippen LogP contribution in [0.25, 0.3) is 0 Å². The molecule has 0 rings (SSSR count). The van der Waals surface area contributed by atoms with Crippen LogP contribution in [0.4, 0.5) is 0 Å². The van der Waals surface area contributed by atoms with Crippen molar-refractivity contribution in [3.8, 4) is 0 Å². The molecule has 0 aliphatic carbocycles. The molecule has 0 aromatic carbocycles. The Balaban J connectivity index is 4.67. The first kappa shape index (κ1) is 59.0. The van der Waals surface area contributed by atoms with Crippen molar-refractivity contribution in [2.24, 2.45) is 0 Å². The van der Waals surface area contributed by atoms with E-state index in [1.165, 1.54) is 109 Å². The number of esters is 1. The summed E-state index contributed by atoms with van der Waals surface area (Å²) in [6.07, 6.45) is 63.8. The van der Waals surface area contributed by atoms with Gasteiger partial charge in [0.2, 0.25) is 5.91 Å². The molecule has 0 aromatic heterocycles. The van der Waals surface area contributed by atoms with Crippen LogP contribution >= 0.6 is 0 Å². The van der Waals surface area contributed by atoms with Crippen molar-refractivity contribution < 1.29 is 24.5 Å². The maximum atomic E-state index is 13.2. The van der Waals surface area contributed by atoms with E-state index in [0.29, 0.717) is 19.3 Å². The van der Waals surface area contributed by atoms with Gasteiger partial charge >= 0.3 is 5.97 Å². The van der Waals surface area contributed by atoms with Crippen LogP contribution in [0.15, 0.2) is 85.1 Å². The average molecular weight is 864 g/mol. The van der Waals surface area contributed by atoms with E-state index in [9.17, 15) is 19.8 Å². The Morgan fingerprint density at radius 1 is 0.500 bits per heavy atom. The number of aliphatic hydroxyl groups is 2. The van der Waals surface area contributed by atoms with E-state index in [0.717, 1.165) is 77.0 Å². The number of ether oxygens (including phenoxy) is 1. The maximum Gasteiger partial charge on any atom is 0.306 e. The van der Waals surface area contributed by atoms with Crippen LogP contribution in [-0.4, -0.2) is 46.9 Å². The van der Waals surface area contributed by atoms with Crippen molar-refractivity contribution in [2.75, 3.05) is 6.61 Å². The van der Waals surface area contributed by atoms with E-state index < -0.39 is 18.2 Å². The lowest BCUT2D eigenvalue weighted by Gasteiger charge is -2.24. The van der Waals surface area contributed by atoms with E-state index >= 15 is 0 Å². The van der Waals surface area contributed by atoms with Gasteiger partial charge in [-0.25, -0.2) is 0 Å². The summed E-state index contributed by atoms with van der Waals surface area (Å²) in [5.74, 6) is -0.589. The molecule has 0 fully saturated rings. The zero-order chi connectivity index (χ0) is 45.2. The van der Waals surface area contributed by atoms with Crippen molar-refractivity contribution in [1.29, 1.82) is 0 Å². The van der Waals surface area contributed by atoms with Crippen LogP contribution in [-0.2, 0) is 14.3 Å². The second kappa shape index (κ2) is 49.1. The van der Waals surface area contributed by atoms with Crippen molar-refractivity contribution in [1.82, 2.24) is 5.32 Å². The van der Waals surface area contributed by atoms with Crippen LogP contribution in [0.2, 0.25) is 0 Å². The Morgan fingerprint density at radius 2 is 0.903 bits per heavy atom. The molecule has 0 saturated carbocycles. The maximum absolute atomic E-state index is 13.2. The lowest BCUT2D eigenvalue weighted by Crippen LogP contribution is -2.46. The summed E-state index contributed by atoms with van der Waals surface area (Å²) < 4.78 is 5.87. The summed E-state index contributed by atoms with van der Waals surface area (Å²) >= 11 is 0. The Bertz CT molecular complexity index is 1200. The predicted molar refractivity (Wildman–Crippen MR) is 268 cm³/mol. The number of carbonyl (C=O) groups is 2. The number of hydrogen-bond acceptors (Lipinski definition) is 5. The van der Waals surface area contributed by atoms with Crippen molar-refractivity contribution in [3.05, 3.63) is 85.1 Å². The van der Waals surface area contributed by atoms with Gasteiger partial charge in [-0.15, -0.1) is 0 Å². The summed E-state index contributed by atoms with van der Waals surface area (Å²) in [5, 5.41) is 23.6. The van der Waals surface area contributed by atoms with Gasteiger partial charge < -0.3 is 20.3 Å².